The fourth-order valence-corrected chi connectivity index (χ4v) is 4.84. The van der Waals surface area contributed by atoms with Crippen LogP contribution in [0, 0.1) is 22.9 Å². The van der Waals surface area contributed by atoms with Crippen LogP contribution < -0.4 is 5.32 Å². The number of nitrogens with one attached hydrogen (secondary N) is 1. The van der Waals surface area contributed by atoms with E-state index in [1.165, 1.54) is 40.7 Å². The van der Waals surface area contributed by atoms with Crippen LogP contribution in [0.2, 0.25) is 0 Å². The molecule has 146 valence electrons. The van der Waals surface area contributed by atoms with Crippen LogP contribution in [0.1, 0.15) is 17.2 Å². The van der Waals surface area contributed by atoms with Crippen molar-refractivity contribution >= 4 is 28.1 Å². The van der Waals surface area contributed by atoms with E-state index in [4.69, 9.17) is 0 Å². The Morgan fingerprint density at radius 1 is 1.26 bits per heavy atom. The van der Waals surface area contributed by atoms with E-state index in [0.717, 1.165) is 0 Å². The zero-order chi connectivity index (χ0) is 18.9. The van der Waals surface area contributed by atoms with Crippen molar-refractivity contribution in [1.82, 2.24) is 9.62 Å². The normalized spacial score (nSPS) is 17.9. The molecule has 1 saturated heterocycles. The lowest BCUT2D eigenvalue weighted by molar-refractivity contribution is -0.387. The molecule has 7 nitrogen and oxygen atoms in total. The van der Waals surface area contributed by atoms with Crippen molar-refractivity contribution in [3.63, 3.8) is 0 Å². The van der Waals surface area contributed by atoms with E-state index in [9.17, 15) is 22.9 Å². The number of nitrogens with zero attached hydrogens (tertiary/aromatic N) is 2. The maximum Gasteiger partial charge on any atom is 0.289 e. The number of hydrogen-bond acceptors (Lipinski definition) is 5. The Balaban J connectivity index is 0.00000261. The highest BCUT2D eigenvalue weighted by atomic mass is 35.5. The third kappa shape index (κ3) is 4.27. The Kier molecular flexibility index (Phi) is 6.53. The molecular weight excluding hydrogens is 397 g/mol. The minimum atomic E-state index is -4.14. The molecule has 1 atom stereocenters. The molecule has 1 fully saturated rings. The van der Waals surface area contributed by atoms with Crippen LogP contribution in [-0.4, -0.2) is 37.3 Å². The first-order valence-electron chi connectivity index (χ1n) is 8.04. The minimum absolute atomic E-state index is 0. The number of rotatable bonds is 4. The van der Waals surface area contributed by atoms with E-state index in [1.54, 1.807) is 13.0 Å². The SMILES string of the molecule is Cc1ccc(S(=O)(=O)N2CCNCC2c2cccc(F)c2)c([N+](=O)[O-])c1.Cl. The van der Waals surface area contributed by atoms with Gasteiger partial charge in [-0.3, -0.25) is 10.1 Å². The smallest absolute Gasteiger partial charge is 0.289 e. The Labute approximate surface area is 162 Å². The van der Waals surface area contributed by atoms with Crippen LogP contribution in [-0.2, 0) is 10.0 Å². The van der Waals surface area contributed by atoms with Gasteiger partial charge in [0.2, 0.25) is 0 Å². The molecular formula is C17H19ClFN3O4S. The molecule has 0 spiro atoms. The van der Waals surface area contributed by atoms with Gasteiger partial charge >= 0.3 is 0 Å². The van der Waals surface area contributed by atoms with E-state index in [0.29, 0.717) is 24.2 Å². The third-order valence-corrected chi connectivity index (χ3v) is 6.28. The number of hydrogen-bond donors (Lipinski definition) is 1. The number of nitro benzene ring substituents is 1. The first-order chi connectivity index (χ1) is 12.3. The Morgan fingerprint density at radius 2 is 2.00 bits per heavy atom. The second kappa shape index (κ2) is 8.30. The van der Waals surface area contributed by atoms with Crippen molar-refractivity contribution < 1.29 is 17.7 Å². The quantitative estimate of drug-likeness (QED) is 0.612. The van der Waals surface area contributed by atoms with E-state index in [1.807, 2.05) is 0 Å². The summed E-state index contributed by atoms with van der Waals surface area (Å²) in [6.45, 7) is 2.49. The highest BCUT2D eigenvalue weighted by molar-refractivity contribution is 7.89. The van der Waals surface area contributed by atoms with Gasteiger partial charge in [0.05, 0.1) is 11.0 Å². The number of benzene rings is 2. The first-order valence-corrected chi connectivity index (χ1v) is 9.48. The maximum absolute atomic E-state index is 13.6. The minimum Gasteiger partial charge on any atom is -0.313 e. The molecule has 0 radical (unpaired) electrons. The molecule has 10 heteroatoms. The molecule has 0 amide bonds. The second-order valence-electron chi connectivity index (χ2n) is 6.12. The predicted molar refractivity (Wildman–Crippen MR) is 101 cm³/mol. The summed E-state index contributed by atoms with van der Waals surface area (Å²) in [5.74, 6) is -0.466. The van der Waals surface area contributed by atoms with Crippen molar-refractivity contribution in [2.45, 2.75) is 17.9 Å². The molecule has 1 aliphatic heterocycles. The van der Waals surface area contributed by atoms with Crippen LogP contribution in [0.25, 0.3) is 0 Å². The van der Waals surface area contributed by atoms with E-state index in [-0.39, 0.29) is 23.8 Å². The Hall–Kier alpha value is -2.07. The zero-order valence-electron chi connectivity index (χ0n) is 14.5. The van der Waals surface area contributed by atoms with Gasteiger partial charge in [-0.2, -0.15) is 4.31 Å². The number of nitro groups is 1. The Morgan fingerprint density at radius 3 is 2.67 bits per heavy atom. The highest BCUT2D eigenvalue weighted by Crippen LogP contribution is 2.33. The molecule has 27 heavy (non-hydrogen) atoms. The van der Waals surface area contributed by atoms with Crippen molar-refractivity contribution in [3.05, 3.63) is 69.5 Å². The van der Waals surface area contributed by atoms with Crippen molar-refractivity contribution in [2.24, 2.45) is 0 Å². The molecule has 1 N–H and O–H groups in total. The molecule has 0 saturated carbocycles. The van der Waals surface area contributed by atoms with Gasteiger partial charge in [-0.05, 0) is 36.2 Å². The van der Waals surface area contributed by atoms with Gasteiger partial charge in [-0.15, -0.1) is 12.4 Å². The lowest BCUT2D eigenvalue weighted by Gasteiger charge is -2.35. The lowest BCUT2D eigenvalue weighted by Crippen LogP contribution is -2.48. The predicted octanol–water partition coefficient (Wildman–Crippen LogP) is 2.80. The number of sulfonamides is 1. The summed E-state index contributed by atoms with van der Waals surface area (Å²) in [6.07, 6.45) is 0. The molecule has 0 bridgehead atoms. The van der Waals surface area contributed by atoms with Gasteiger partial charge in [0.25, 0.3) is 15.7 Å². The van der Waals surface area contributed by atoms with E-state index >= 15 is 0 Å². The van der Waals surface area contributed by atoms with Gasteiger partial charge in [-0.1, -0.05) is 18.2 Å². The van der Waals surface area contributed by atoms with Crippen LogP contribution in [0.5, 0.6) is 0 Å². The monoisotopic (exact) mass is 415 g/mol. The van der Waals surface area contributed by atoms with Crippen LogP contribution >= 0.6 is 12.4 Å². The summed E-state index contributed by atoms with van der Waals surface area (Å²) in [5.41, 5.74) is 0.634. The van der Waals surface area contributed by atoms with Crippen molar-refractivity contribution in [1.29, 1.82) is 0 Å². The van der Waals surface area contributed by atoms with Gasteiger partial charge in [0.1, 0.15) is 5.82 Å². The number of aryl methyl sites for hydroxylation is 1. The molecule has 3 rings (SSSR count). The third-order valence-electron chi connectivity index (χ3n) is 4.33. The molecule has 0 aliphatic carbocycles. The van der Waals surface area contributed by atoms with Crippen molar-refractivity contribution in [3.8, 4) is 0 Å². The van der Waals surface area contributed by atoms with Crippen LogP contribution in [0.3, 0.4) is 0 Å². The fourth-order valence-electron chi connectivity index (χ4n) is 3.09. The summed E-state index contributed by atoms with van der Waals surface area (Å²) in [7, 11) is -4.14. The van der Waals surface area contributed by atoms with Gasteiger partial charge in [-0.25, -0.2) is 12.8 Å². The summed E-state index contributed by atoms with van der Waals surface area (Å²) in [6, 6.07) is 9.10. The molecule has 2 aromatic rings. The largest absolute Gasteiger partial charge is 0.313 e. The molecule has 0 aromatic heterocycles. The number of halogens is 2. The van der Waals surface area contributed by atoms with Crippen LogP contribution in [0.15, 0.2) is 47.4 Å². The van der Waals surface area contributed by atoms with Gasteiger partial charge in [0.15, 0.2) is 4.90 Å². The van der Waals surface area contributed by atoms with E-state index < -0.39 is 32.5 Å². The Bertz CT molecular complexity index is 955. The lowest BCUT2D eigenvalue weighted by atomic mass is 10.1. The molecule has 1 heterocycles. The van der Waals surface area contributed by atoms with Crippen molar-refractivity contribution in [2.75, 3.05) is 19.6 Å². The molecule has 2 aromatic carbocycles. The maximum atomic E-state index is 13.6. The second-order valence-corrected chi connectivity index (χ2v) is 7.98. The summed E-state index contributed by atoms with van der Waals surface area (Å²) in [5, 5.41) is 14.5. The topological polar surface area (TPSA) is 92.6 Å². The average Bonchev–Trinajstić information content (AvgIpc) is 2.61. The standard InChI is InChI=1S/C17H18FN3O4S.ClH/c1-12-5-6-17(15(9-12)21(22)23)26(24,25)20-8-7-19-11-16(20)13-3-2-4-14(18)10-13;/h2-6,9-10,16,19H,7-8,11H2,1H3;1H. The summed E-state index contributed by atoms with van der Waals surface area (Å²) in [4.78, 5) is 10.3. The highest BCUT2D eigenvalue weighted by Gasteiger charge is 2.38. The molecule has 1 aliphatic rings. The zero-order valence-corrected chi connectivity index (χ0v) is 16.1. The first kappa shape index (κ1) is 21.2. The van der Waals surface area contributed by atoms with Gasteiger partial charge < -0.3 is 5.32 Å². The number of piperazine rings is 1. The fraction of sp³-hybridized carbons (Fsp3) is 0.294. The molecule has 1 unspecified atom stereocenters. The van der Waals surface area contributed by atoms with E-state index in [2.05, 4.69) is 5.32 Å². The van der Waals surface area contributed by atoms with Crippen LogP contribution in [0.4, 0.5) is 10.1 Å². The summed E-state index contributed by atoms with van der Waals surface area (Å²) >= 11 is 0. The average molecular weight is 416 g/mol. The van der Waals surface area contributed by atoms with Gasteiger partial charge in [0, 0.05) is 25.7 Å². The summed E-state index contributed by atoms with van der Waals surface area (Å²) < 4.78 is 41.2.